The highest BCUT2D eigenvalue weighted by Gasteiger charge is 2.16. The molecule has 1 aromatic rings. The monoisotopic (exact) mass is 302 g/mol. The van der Waals surface area contributed by atoms with Crippen molar-refractivity contribution in [2.24, 2.45) is 0 Å². The maximum atomic E-state index is 11.9. The highest BCUT2D eigenvalue weighted by atomic mass is 32.2. The van der Waals surface area contributed by atoms with Crippen LogP contribution >= 0.6 is 11.3 Å². The fourth-order valence-corrected chi connectivity index (χ4v) is 4.18. The van der Waals surface area contributed by atoms with Crippen LogP contribution in [-0.2, 0) is 16.4 Å². The average molecular weight is 302 g/mol. The lowest BCUT2D eigenvalue weighted by atomic mass is 10.0. The molecule has 0 spiro atoms. The molecule has 0 radical (unpaired) electrons. The molecular weight excluding hydrogens is 280 g/mol. The molecular formula is C13H22N2O2S2. The summed E-state index contributed by atoms with van der Waals surface area (Å²) < 4.78 is 26.4. The van der Waals surface area contributed by atoms with Gasteiger partial charge in [-0.25, -0.2) is 13.1 Å². The van der Waals surface area contributed by atoms with Crippen LogP contribution in [0, 0.1) is 0 Å². The Morgan fingerprint density at radius 1 is 1.42 bits per heavy atom. The van der Waals surface area contributed by atoms with Crippen LogP contribution in [0.3, 0.4) is 0 Å². The minimum atomic E-state index is -3.12. The first-order chi connectivity index (χ1) is 9.16. The molecule has 108 valence electrons. The summed E-state index contributed by atoms with van der Waals surface area (Å²) in [5.41, 5.74) is 1.20. The molecule has 1 aliphatic heterocycles. The Morgan fingerprint density at radius 3 is 3.00 bits per heavy atom. The lowest BCUT2D eigenvalue weighted by molar-refractivity contribution is 0.392. The van der Waals surface area contributed by atoms with E-state index in [9.17, 15) is 8.42 Å². The Hall–Kier alpha value is -0.430. The van der Waals surface area contributed by atoms with Gasteiger partial charge in [0.15, 0.2) is 0 Å². The van der Waals surface area contributed by atoms with Crippen molar-refractivity contribution in [3.63, 3.8) is 0 Å². The first-order valence-electron chi connectivity index (χ1n) is 6.87. The summed E-state index contributed by atoms with van der Waals surface area (Å²) in [6.45, 7) is 1.52. The lowest BCUT2D eigenvalue weighted by Crippen LogP contribution is -2.37. The van der Waals surface area contributed by atoms with E-state index in [0.29, 0.717) is 19.0 Å². The van der Waals surface area contributed by atoms with Gasteiger partial charge in [0.1, 0.15) is 0 Å². The van der Waals surface area contributed by atoms with E-state index in [0.717, 1.165) is 19.4 Å². The molecule has 4 nitrogen and oxygen atoms in total. The van der Waals surface area contributed by atoms with Crippen LogP contribution in [-0.4, -0.2) is 33.3 Å². The summed E-state index contributed by atoms with van der Waals surface area (Å²) >= 11 is 1.64. The summed E-state index contributed by atoms with van der Waals surface area (Å²) in [5.74, 6) is 0.230. The van der Waals surface area contributed by atoms with Gasteiger partial charge in [0, 0.05) is 12.6 Å². The second kappa shape index (κ2) is 7.38. The number of thiophene rings is 1. The molecule has 19 heavy (non-hydrogen) atoms. The molecule has 2 rings (SSSR count). The Balaban J connectivity index is 1.66. The van der Waals surface area contributed by atoms with Gasteiger partial charge in [-0.3, -0.25) is 0 Å². The maximum absolute atomic E-state index is 11.9. The van der Waals surface area contributed by atoms with Crippen LogP contribution < -0.4 is 10.0 Å². The third kappa shape index (κ3) is 5.60. The summed E-state index contributed by atoms with van der Waals surface area (Å²) in [6.07, 6.45) is 5.01. The molecule has 2 heterocycles. The van der Waals surface area contributed by atoms with Gasteiger partial charge in [-0.15, -0.1) is 0 Å². The van der Waals surface area contributed by atoms with Crippen molar-refractivity contribution in [1.82, 2.24) is 10.0 Å². The van der Waals surface area contributed by atoms with Crippen molar-refractivity contribution in [1.29, 1.82) is 0 Å². The van der Waals surface area contributed by atoms with E-state index in [-0.39, 0.29) is 5.75 Å². The van der Waals surface area contributed by atoms with Crippen LogP contribution in [0.5, 0.6) is 0 Å². The molecule has 1 aromatic heterocycles. The molecule has 1 fully saturated rings. The predicted octanol–water partition coefficient (Wildman–Crippen LogP) is 1.74. The van der Waals surface area contributed by atoms with Gasteiger partial charge in [-0.2, -0.15) is 11.3 Å². The van der Waals surface area contributed by atoms with Crippen molar-refractivity contribution < 1.29 is 8.42 Å². The Morgan fingerprint density at radius 2 is 2.32 bits per heavy atom. The fourth-order valence-electron chi connectivity index (χ4n) is 2.33. The van der Waals surface area contributed by atoms with Gasteiger partial charge in [0.2, 0.25) is 10.0 Å². The Kier molecular flexibility index (Phi) is 5.81. The van der Waals surface area contributed by atoms with Gasteiger partial charge >= 0.3 is 0 Å². The summed E-state index contributed by atoms with van der Waals surface area (Å²) in [4.78, 5) is 0. The molecule has 0 bridgehead atoms. The number of hydrogen-bond donors (Lipinski definition) is 2. The minimum Gasteiger partial charge on any atom is -0.314 e. The van der Waals surface area contributed by atoms with E-state index in [1.54, 1.807) is 11.3 Å². The van der Waals surface area contributed by atoms with Crippen LogP contribution in [0.25, 0.3) is 0 Å². The van der Waals surface area contributed by atoms with Crippen molar-refractivity contribution in [3.8, 4) is 0 Å². The number of hydrogen-bond acceptors (Lipinski definition) is 4. The van der Waals surface area contributed by atoms with Crippen LogP contribution in [0.1, 0.15) is 31.2 Å². The second-order valence-electron chi connectivity index (χ2n) is 5.03. The number of sulfonamides is 1. The van der Waals surface area contributed by atoms with E-state index >= 15 is 0 Å². The molecule has 1 unspecified atom stereocenters. The molecule has 0 aliphatic carbocycles. The van der Waals surface area contributed by atoms with Gasteiger partial charge in [0.05, 0.1) is 5.75 Å². The zero-order chi connectivity index (χ0) is 13.6. The summed E-state index contributed by atoms with van der Waals surface area (Å²) in [5, 5.41) is 7.45. The number of nitrogens with one attached hydrogen (secondary N) is 2. The van der Waals surface area contributed by atoms with Crippen LogP contribution in [0.2, 0.25) is 0 Å². The van der Waals surface area contributed by atoms with Gasteiger partial charge in [0.25, 0.3) is 0 Å². The zero-order valence-corrected chi connectivity index (χ0v) is 12.7. The molecule has 2 N–H and O–H groups in total. The third-order valence-electron chi connectivity index (χ3n) is 3.46. The van der Waals surface area contributed by atoms with Gasteiger partial charge in [-0.05, 0) is 54.6 Å². The quantitative estimate of drug-likeness (QED) is 0.806. The first-order valence-corrected chi connectivity index (χ1v) is 9.47. The standard InChI is InChI=1S/C13H22N2O2S2/c16-19(17,10-6-13-3-1-2-7-14-13)15-8-4-12-5-9-18-11-12/h5,9,11,13-15H,1-4,6-8,10H2. The van der Waals surface area contributed by atoms with Crippen LogP contribution in [0.15, 0.2) is 16.8 Å². The average Bonchev–Trinajstić information content (AvgIpc) is 2.91. The number of piperidine rings is 1. The van der Waals surface area contributed by atoms with Crippen LogP contribution in [0.4, 0.5) is 0 Å². The third-order valence-corrected chi connectivity index (χ3v) is 5.61. The SMILES string of the molecule is O=S(=O)(CCC1CCCCN1)NCCc1ccsc1. The van der Waals surface area contributed by atoms with E-state index < -0.39 is 10.0 Å². The smallest absolute Gasteiger partial charge is 0.211 e. The normalized spacial score (nSPS) is 20.5. The van der Waals surface area contributed by atoms with E-state index in [4.69, 9.17) is 0 Å². The Bertz CT molecular complexity index is 451. The fraction of sp³-hybridized carbons (Fsp3) is 0.692. The van der Waals surface area contributed by atoms with Crippen molar-refractivity contribution in [2.45, 2.75) is 38.1 Å². The molecule has 0 aromatic carbocycles. The molecule has 6 heteroatoms. The predicted molar refractivity (Wildman–Crippen MR) is 80.1 cm³/mol. The molecule has 1 aliphatic rings. The topological polar surface area (TPSA) is 58.2 Å². The van der Waals surface area contributed by atoms with Gasteiger partial charge < -0.3 is 5.32 Å². The van der Waals surface area contributed by atoms with E-state index in [1.807, 2.05) is 11.4 Å². The maximum Gasteiger partial charge on any atom is 0.211 e. The molecule has 1 saturated heterocycles. The largest absolute Gasteiger partial charge is 0.314 e. The van der Waals surface area contributed by atoms with E-state index in [1.165, 1.54) is 18.4 Å². The summed E-state index contributed by atoms with van der Waals surface area (Å²) in [6, 6.07) is 2.41. The van der Waals surface area contributed by atoms with Crippen molar-refractivity contribution in [3.05, 3.63) is 22.4 Å². The molecule has 1 atom stereocenters. The highest BCUT2D eigenvalue weighted by molar-refractivity contribution is 7.89. The molecule has 0 saturated carbocycles. The minimum absolute atomic E-state index is 0.230. The lowest BCUT2D eigenvalue weighted by Gasteiger charge is -2.23. The first kappa shape index (κ1) is 15.0. The zero-order valence-electron chi connectivity index (χ0n) is 11.1. The van der Waals surface area contributed by atoms with Gasteiger partial charge in [-0.1, -0.05) is 6.42 Å². The summed E-state index contributed by atoms with van der Waals surface area (Å²) in [7, 11) is -3.12. The molecule has 0 amide bonds. The van der Waals surface area contributed by atoms with Crippen molar-refractivity contribution >= 4 is 21.4 Å². The second-order valence-corrected chi connectivity index (χ2v) is 7.74. The number of rotatable bonds is 7. The Labute approximate surface area is 119 Å². The highest BCUT2D eigenvalue weighted by Crippen LogP contribution is 2.11. The van der Waals surface area contributed by atoms with Crippen molar-refractivity contribution in [2.75, 3.05) is 18.8 Å². The van der Waals surface area contributed by atoms with E-state index in [2.05, 4.69) is 15.4 Å².